The Morgan fingerprint density at radius 2 is 1.88 bits per heavy atom. The highest BCUT2D eigenvalue weighted by Gasteiger charge is 2.42. The number of hydrogen-bond acceptors (Lipinski definition) is 5. The van der Waals surface area contributed by atoms with Crippen LogP contribution >= 0.6 is 11.8 Å². The molecule has 3 aromatic rings. The van der Waals surface area contributed by atoms with Gasteiger partial charge in [-0.15, -0.1) is 5.10 Å². The summed E-state index contributed by atoms with van der Waals surface area (Å²) in [6, 6.07) is 11.7. The molecule has 2 atom stereocenters. The van der Waals surface area contributed by atoms with Crippen LogP contribution in [0.2, 0.25) is 0 Å². The lowest BCUT2D eigenvalue weighted by atomic mass is 9.77. The summed E-state index contributed by atoms with van der Waals surface area (Å²) >= 11 is 1.77. The van der Waals surface area contributed by atoms with Crippen molar-refractivity contribution in [2.75, 3.05) is 24.2 Å². The number of likely N-dealkylation sites (N-methyl/N-ethyl adjacent to an activating group) is 1. The molecule has 168 valence electrons. The minimum Gasteiger partial charge on any atom is -0.355 e. The van der Waals surface area contributed by atoms with Crippen LogP contribution in [-0.2, 0) is 4.75 Å². The molecule has 0 saturated heterocycles. The van der Waals surface area contributed by atoms with E-state index < -0.39 is 11.6 Å². The molecule has 0 saturated carbocycles. The normalized spacial score (nSPS) is 20.1. The molecular formula is C25H28F2N4S. The molecule has 0 bridgehead atoms. The van der Waals surface area contributed by atoms with Crippen molar-refractivity contribution in [1.29, 1.82) is 0 Å². The van der Waals surface area contributed by atoms with Crippen molar-refractivity contribution in [1.82, 2.24) is 15.2 Å². The zero-order valence-corrected chi connectivity index (χ0v) is 19.5. The number of halogens is 2. The van der Waals surface area contributed by atoms with Gasteiger partial charge in [0.25, 0.3) is 0 Å². The van der Waals surface area contributed by atoms with E-state index in [9.17, 15) is 8.78 Å². The molecule has 1 aromatic carbocycles. The number of nitrogens with zero attached hydrogens (tertiary/aromatic N) is 4. The van der Waals surface area contributed by atoms with Gasteiger partial charge < -0.3 is 4.90 Å². The Morgan fingerprint density at radius 3 is 2.50 bits per heavy atom. The van der Waals surface area contributed by atoms with Gasteiger partial charge in [-0.05, 0) is 74.3 Å². The van der Waals surface area contributed by atoms with Gasteiger partial charge >= 0.3 is 0 Å². The molecule has 0 radical (unpaired) electrons. The monoisotopic (exact) mass is 454 g/mol. The zero-order chi connectivity index (χ0) is 22.7. The van der Waals surface area contributed by atoms with Gasteiger partial charge in [0, 0.05) is 19.3 Å². The summed E-state index contributed by atoms with van der Waals surface area (Å²) < 4.78 is 28.6. The first kappa shape index (κ1) is 22.6. The molecule has 0 N–H and O–H groups in total. The average Bonchev–Trinajstić information content (AvgIpc) is 2.83. The molecule has 4 nitrogen and oxygen atoms in total. The van der Waals surface area contributed by atoms with Crippen LogP contribution < -0.4 is 4.90 Å². The molecule has 0 unspecified atom stereocenters. The molecule has 7 heteroatoms. The quantitative estimate of drug-likeness (QED) is 0.426. The molecule has 1 aliphatic rings. The summed E-state index contributed by atoms with van der Waals surface area (Å²) in [6.07, 6.45) is 6.81. The highest BCUT2D eigenvalue weighted by atomic mass is 32.2. The van der Waals surface area contributed by atoms with E-state index in [0.29, 0.717) is 5.92 Å². The van der Waals surface area contributed by atoms with Crippen LogP contribution in [0.1, 0.15) is 50.3 Å². The van der Waals surface area contributed by atoms with Crippen molar-refractivity contribution in [3.8, 4) is 11.3 Å². The minimum atomic E-state index is -0.619. The Bertz CT molecular complexity index is 1060. The van der Waals surface area contributed by atoms with Gasteiger partial charge in [-0.1, -0.05) is 19.1 Å². The van der Waals surface area contributed by atoms with E-state index in [-0.39, 0.29) is 16.0 Å². The van der Waals surface area contributed by atoms with Crippen molar-refractivity contribution < 1.29 is 8.78 Å². The van der Waals surface area contributed by atoms with Crippen LogP contribution in [0, 0.1) is 11.6 Å². The van der Waals surface area contributed by atoms with Gasteiger partial charge in [-0.25, -0.2) is 13.8 Å². The number of thioether (sulfide) groups is 1. The second-order valence-corrected chi connectivity index (χ2v) is 9.36. The van der Waals surface area contributed by atoms with Crippen molar-refractivity contribution in [2.24, 2.45) is 0 Å². The molecule has 1 aliphatic carbocycles. The van der Waals surface area contributed by atoms with Crippen LogP contribution in [0.15, 0.2) is 48.7 Å². The van der Waals surface area contributed by atoms with Gasteiger partial charge in [0.2, 0.25) is 0 Å². The number of aromatic nitrogens is 3. The Morgan fingerprint density at radius 1 is 1.09 bits per heavy atom. The maximum Gasteiger partial charge on any atom is 0.135 e. The molecule has 32 heavy (non-hydrogen) atoms. The molecule has 2 heterocycles. The first-order chi connectivity index (χ1) is 15.5. The van der Waals surface area contributed by atoms with Crippen LogP contribution in [0.4, 0.5) is 14.6 Å². The summed E-state index contributed by atoms with van der Waals surface area (Å²) in [4.78, 5) is 6.80. The van der Waals surface area contributed by atoms with Crippen LogP contribution in [0.25, 0.3) is 11.3 Å². The van der Waals surface area contributed by atoms with Crippen LogP contribution in [0.5, 0.6) is 0 Å². The fourth-order valence-corrected chi connectivity index (χ4v) is 5.62. The fraction of sp³-hybridized carbons (Fsp3) is 0.400. The highest BCUT2D eigenvalue weighted by Crippen LogP contribution is 2.49. The first-order valence-corrected chi connectivity index (χ1v) is 12.3. The molecule has 0 fully saturated rings. The average molecular weight is 455 g/mol. The van der Waals surface area contributed by atoms with Crippen molar-refractivity contribution in [3.63, 3.8) is 0 Å². The van der Waals surface area contributed by atoms with Crippen molar-refractivity contribution in [2.45, 2.75) is 43.8 Å². The van der Waals surface area contributed by atoms with E-state index in [1.165, 1.54) is 18.2 Å². The van der Waals surface area contributed by atoms with Gasteiger partial charge in [0.15, 0.2) is 0 Å². The van der Waals surface area contributed by atoms with E-state index in [0.717, 1.165) is 49.4 Å². The van der Waals surface area contributed by atoms with Gasteiger partial charge in [-0.3, -0.25) is 0 Å². The number of pyridine rings is 1. The Labute approximate surface area is 192 Å². The van der Waals surface area contributed by atoms with E-state index >= 15 is 0 Å². The zero-order valence-electron chi connectivity index (χ0n) is 18.7. The Balaban J connectivity index is 1.79. The summed E-state index contributed by atoms with van der Waals surface area (Å²) in [5.41, 5.74) is 2.13. The first-order valence-electron chi connectivity index (χ1n) is 11.1. The van der Waals surface area contributed by atoms with Gasteiger partial charge in [0.05, 0.1) is 21.7 Å². The summed E-state index contributed by atoms with van der Waals surface area (Å²) in [7, 11) is 0. The predicted octanol–water partition coefficient (Wildman–Crippen LogP) is 6.19. The maximum atomic E-state index is 14.4. The van der Waals surface area contributed by atoms with E-state index in [1.54, 1.807) is 18.0 Å². The van der Waals surface area contributed by atoms with Crippen molar-refractivity contribution in [3.05, 3.63) is 71.6 Å². The summed E-state index contributed by atoms with van der Waals surface area (Å²) in [5, 5.41) is 8.95. The lowest BCUT2D eigenvalue weighted by Gasteiger charge is -2.42. The largest absolute Gasteiger partial charge is 0.355 e. The number of benzene rings is 1. The third kappa shape index (κ3) is 4.10. The SMILES string of the molecule is CC[C@H]1CC[C@@](CN(CC)c2ccccn2)(SC)c2nnc(-c3c(F)cccc3F)cc21. The van der Waals surface area contributed by atoms with E-state index in [4.69, 9.17) is 0 Å². The lowest BCUT2D eigenvalue weighted by Crippen LogP contribution is -2.43. The third-order valence-corrected chi connectivity index (χ3v) is 7.80. The summed E-state index contributed by atoms with van der Waals surface area (Å²) in [5.74, 6) is -0.0158. The summed E-state index contributed by atoms with van der Waals surface area (Å²) in [6.45, 7) is 5.83. The molecule has 0 amide bonds. The predicted molar refractivity (Wildman–Crippen MR) is 127 cm³/mol. The lowest BCUT2D eigenvalue weighted by molar-refractivity contribution is 0.425. The Hall–Kier alpha value is -2.54. The van der Waals surface area contributed by atoms with Crippen LogP contribution in [-0.4, -0.2) is 34.5 Å². The van der Waals surface area contributed by atoms with Gasteiger partial charge in [-0.2, -0.15) is 16.9 Å². The molecule has 4 rings (SSSR count). The third-order valence-electron chi connectivity index (χ3n) is 6.50. The number of rotatable bonds is 7. The number of hydrogen-bond donors (Lipinski definition) is 0. The smallest absolute Gasteiger partial charge is 0.135 e. The molecular weight excluding hydrogens is 426 g/mol. The number of fused-ring (bicyclic) bond motifs is 1. The highest BCUT2D eigenvalue weighted by molar-refractivity contribution is 7.99. The van der Waals surface area contributed by atoms with E-state index in [1.807, 2.05) is 24.3 Å². The minimum absolute atomic E-state index is 0.110. The topological polar surface area (TPSA) is 41.9 Å². The Kier molecular flexibility index (Phi) is 6.74. The van der Waals surface area contributed by atoms with Crippen molar-refractivity contribution >= 4 is 17.6 Å². The van der Waals surface area contributed by atoms with Crippen LogP contribution in [0.3, 0.4) is 0 Å². The maximum absolute atomic E-state index is 14.4. The molecule has 2 aromatic heterocycles. The fourth-order valence-electron chi connectivity index (χ4n) is 4.66. The molecule has 0 aliphatic heterocycles. The number of anilines is 1. The molecule has 0 spiro atoms. The van der Waals surface area contributed by atoms with E-state index in [2.05, 4.69) is 40.2 Å². The standard InChI is InChI=1S/C25H28F2N4S/c1-4-17-12-13-25(32-3,16-31(5-2)22-11-6-7-14-28-22)24-18(17)15-21(29-30-24)23-19(26)9-8-10-20(23)27/h6-11,14-15,17H,4-5,12-13,16H2,1-3H3/t17-,25-/m0/s1. The van der Waals surface area contributed by atoms with Gasteiger partial charge in [0.1, 0.15) is 17.5 Å². The second kappa shape index (κ2) is 9.53. The second-order valence-electron chi connectivity index (χ2n) is 8.17.